The van der Waals surface area contributed by atoms with E-state index in [0.29, 0.717) is 29.2 Å². The zero-order valence-electron chi connectivity index (χ0n) is 10.4. The molecule has 2 aromatic rings. The van der Waals surface area contributed by atoms with E-state index in [9.17, 15) is 0 Å². The third-order valence-electron chi connectivity index (χ3n) is 2.17. The molecule has 2 rings (SSSR count). The van der Waals surface area contributed by atoms with Crippen molar-refractivity contribution in [2.45, 2.75) is 30.9 Å². The molecule has 98 valence electrons. The van der Waals surface area contributed by atoms with E-state index in [4.69, 9.17) is 9.26 Å². The number of tetrazole rings is 1. The van der Waals surface area contributed by atoms with Crippen LogP contribution in [0.5, 0.6) is 0 Å². The average Bonchev–Trinajstić information content (AvgIpc) is 2.96. The van der Waals surface area contributed by atoms with Crippen LogP contribution in [-0.4, -0.2) is 37.0 Å². The van der Waals surface area contributed by atoms with Gasteiger partial charge in [-0.25, -0.2) is 4.68 Å². The molecule has 0 amide bonds. The van der Waals surface area contributed by atoms with Crippen LogP contribution < -0.4 is 0 Å². The quantitative estimate of drug-likeness (QED) is 0.717. The topological polar surface area (TPSA) is 91.8 Å². The molecule has 2 aromatic heterocycles. The first-order valence-electron chi connectivity index (χ1n) is 5.50. The summed E-state index contributed by atoms with van der Waals surface area (Å²) in [4.78, 5) is 4.26. The minimum Gasteiger partial charge on any atom is -0.371 e. The van der Waals surface area contributed by atoms with Crippen LogP contribution in [-0.2, 0) is 17.5 Å². The molecule has 0 fully saturated rings. The summed E-state index contributed by atoms with van der Waals surface area (Å²) in [5.74, 6) is 1.62. The molecule has 0 aliphatic carbocycles. The van der Waals surface area contributed by atoms with Gasteiger partial charge in [-0.05, 0) is 24.3 Å². The predicted octanol–water partition coefficient (Wildman–Crippen LogP) is 0.983. The summed E-state index contributed by atoms with van der Waals surface area (Å²) >= 11 is 1.43. The maximum atomic E-state index is 5.38. The Hall–Kier alpha value is -1.48. The molecule has 0 saturated heterocycles. The standard InChI is InChI=1S/C9H14N6O2S/c1-4-16-6(2)8-10-7(17-12-8)5-18-9-11-13-14-15(9)3/h6H,4-5H2,1-3H3. The first-order chi connectivity index (χ1) is 8.70. The maximum Gasteiger partial charge on any atom is 0.237 e. The second-order valence-electron chi connectivity index (χ2n) is 3.52. The van der Waals surface area contributed by atoms with Crippen molar-refractivity contribution >= 4 is 11.8 Å². The summed E-state index contributed by atoms with van der Waals surface area (Å²) in [5.41, 5.74) is 0. The molecule has 0 aliphatic heterocycles. The van der Waals surface area contributed by atoms with Gasteiger partial charge in [0.2, 0.25) is 11.0 Å². The number of thioether (sulfide) groups is 1. The number of nitrogens with zero attached hydrogens (tertiary/aromatic N) is 6. The Morgan fingerprint density at radius 1 is 1.50 bits per heavy atom. The van der Waals surface area contributed by atoms with Gasteiger partial charge in [0.1, 0.15) is 6.10 Å². The number of rotatable bonds is 6. The lowest BCUT2D eigenvalue weighted by Crippen LogP contribution is -2.01. The fourth-order valence-corrected chi connectivity index (χ4v) is 1.97. The highest BCUT2D eigenvalue weighted by Gasteiger charge is 2.14. The van der Waals surface area contributed by atoms with Crippen LogP contribution >= 0.6 is 11.8 Å². The normalized spacial score (nSPS) is 12.8. The van der Waals surface area contributed by atoms with Gasteiger partial charge in [-0.15, -0.1) is 5.10 Å². The van der Waals surface area contributed by atoms with E-state index in [1.165, 1.54) is 11.8 Å². The van der Waals surface area contributed by atoms with Gasteiger partial charge in [-0.3, -0.25) is 0 Å². The van der Waals surface area contributed by atoms with Gasteiger partial charge in [0, 0.05) is 13.7 Å². The summed E-state index contributed by atoms with van der Waals surface area (Å²) < 4.78 is 12.1. The fraction of sp³-hybridized carbons (Fsp3) is 0.667. The third kappa shape index (κ3) is 3.05. The zero-order valence-corrected chi connectivity index (χ0v) is 11.2. The van der Waals surface area contributed by atoms with Crippen molar-refractivity contribution in [1.29, 1.82) is 0 Å². The van der Waals surface area contributed by atoms with Crippen LogP contribution in [0, 0.1) is 0 Å². The van der Waals surface area contributed by atoms with E-state index in [1.807, 2.05) is 13.8 Å². The van der Waals surface area contributed by atoms with Crippen molar-refractivity contribution in [2.24, 2.45) is 7.05 Å². The minimum atomic E-state index is -0.158. The van der Waals surface area contributed by atoms with Crippen molar-refractivity contribution in [1.82, 2.24) is 30.3 Å². The zero-order chi connectivity index (χ0) is 13.0. The molecular formula is C9H14N6O2S. The summed E-state index contributed by atoms with van der Waals surface area (Å²) in [6.45, 7) is 4.43. The van der Waals surface area contributed by atoms with Crippen molar-refractivity contribution in [3.8, 4) is 0 Å². The second-order valence-corrected chi connectivity index (χ2v) is 4.46. The number of ether oxygens (including phenoxy) is 1. The Morgan fingerprint density at radius 2 is 2.33 bits per heavy atom. The molecule has 0 spiro atoms. The van der Waals surface area contributed by atoms with Crippen LogP contribution in [0.2, 0.25) is 0 Å². The number of hydrogen-bond acceptors (Lipinski definition) is 8. The Bertz CT molecular complexity index is 499. The fourth-order valence-electron chi connectivity index (χ4n) is 1.29. The van der Waals surface area contributed by atoms with Gasteiger partial charge < -0.3 is 9.26 Å². The van der Waals surface area contributed by atoms with Crippen LogP contribution in [0.1, 0.15) is 31.7 Å². The van der Waals surface area contributed by atoms with E-state index in [1.54, 1.807) is 11.7 Å². The molecule has 0 saturated carbocycles. The smallest absolute Gasteiger partial charge is 0.237 e. The Kier molecular flexibility index (Phi) is 4.26. The van der Waals surface area contributed by atoms with Gasteiger partial charge >= 0.3 is 0 Å². The van der Waals surface area contributed by atoms with Crippen LogP contribution in [0.25, 0.3) is 0 Å². The van der Waals surface area contributed by atoms with E-state index < -0.39 is 0 Å². The molecule has 8 nitrogen and oxygen atoms in total. The molecule has 0 aromatic carbocycles. The Balaban J connectivity index is 1.93. The van der Waals surface area contributed by atoms with Crippen molar-refractivity contribution in [3.63, 3.8) is 0 Å². The first kappa shape index (κ1) is 13.0. The lowest BCUT2D eigenvalue weighted by molar-refractivity contribution is 0.0683. The highest BCUT2D eigenvalue weighted by atomic mass is 32.2. The van der Waals surface area contributed by atoms with E-state index >= 15 is 0 Å². The van der Waals surface area contributed by atoms with Crippen LogP contribution in [0.3, 0.4) is 0 Å². The summed E-state index contributed by atoms with van der Waals surface area (Å²) in [6.07, 6.45) is -0.158. The number of hydrogen-bond donors (Lipinski definition) is 0. The third-order valence-corrected chi connectivity index (χ3v) is 3.17. The maximum absolute atomic E-state index is 5.38. The Labute approximate surface area is 108 Å². The van der Waals surface area contributed by atoms with Gasteiger partial charge in [-0.1, -0.05) is 16.9 Å². The van der Waals surface area contributed by atoms with Crippen molar-refractivity contribution < 1.29 is 9.26 Å². The second kappa shape index (κ2) is 5.91. The van der Waals surface area contributed by atoms with Gasteiger partial charge in [-0.2, -0.15) is 4.98 Å². The number of aryl methyl sites for hydroxylation is 1. The molecular weight excluding hydrogens is 256 g/mol. The molecule has 18 heavy (non-hydrogen) atoms. The van der Waals surface area contributed by atoms with Crippen molar-refractivity contribution in [3.05, 3.63) is 11.7 Å². The number of aromatic nitrogens is 6. The highest BCUT2D eigenvalue weighted by Crippen LogP contribution is 2.20. The van der Waals surface area contributed by atoms with Gasteiger partial charge in [0.25, 0.3) is 0 Å². The molecule has 1 atom stereocenters. The SMILES string of the molecule is CCOC(C)c1noc(CSc2nnnn2C)n1. The van der Waals surface area contributed by atoms with Crippen molar-refractivity contribution in [2.75, 3.05) is 6.61 Å². The van der Waals surface area contributed by atoms with Crippen LogP contribution in [0.4, 0.5) is 0 Å². The van der Waals surface area contributed by atoms with Gasteiger partial charge in [0.05, 0.1) is 5.75 Å². The minimum absolute atomic E-state index is 0.158. The van der Waals surface area contributed by atoms with Gasteiger partial charge in [0.15, 0.2) is 5.82 Å². The highest BCUT2D eigenvalue weighted by molar-refractivity contribution is 7.98. The van der Waals surface area contributed by atoms with E-state index in [2.05, 4.69) is 25.7 Å². The van der Waals surface area contributed by atoms with E-state index in [-0.39, 0.29) is 6.10 Å². The molecule has 0 N–H and O–H groups in total. The monoisotopic (exact) mass is 270 g/mol. The molecule has 0 bridgehead atoms. The largest absolute Gasteiger partial charge is 0.371 e. The molecule has 9 heteroatoms. The molecule has 0 radical (unpaired) electrons. The average molecular weight is 270 g/mol. The first-order valence-corrected chi connectivity index (χ1v) is 6.48. The molecule has 1 unspecified atom stereocenters. The van der Waals surface area contributed by atoms with E-state index in [0.717, 1.165) is 0 Å². The summed E-state index contributed by atoms with van der Waals surface area (Å²) in [6, 6.07) is 0. The summed E-state index contributed by atoms with van der Waals surface area (Å²) in [7, 11) is 1.78. The summed E-state index contributed by atoms with van der Waals surface area (Å²) in [5, 5.41) is 15.7. The Morgan fingerprint density at radius 3 is 3.00 bits per heavy atom. The predicted molar refractivity (Wildman–Crippen MR) is 62.7 cm³/mol. The molecule has 2 heterocycles. The van der Waals surface area contributed by atoms with Crippen LogP contribution in [0.15, 0.2) is 9.68 Å². The molecule has 0 aliphatic rings. The lowest BCUT2D eigenvalue weighted by Gasteiger charge is -2.04. The lowest BCUT2D eigenvalue weighted by atomic mass is 10.4.